The van der Waals surface area contributed by atoms with Gasteiger partial charge in [-0.15, -0.1) is 0 Å². The lowest BCUT2D eigenvalue weighted by Crippen LogP contribution is -2.35. The molecule has 0 unspecified atom stereocenters. The average Bonchev–Trinajstić information content (AvgIpc) is 2.89. The second kappa shape index (κ2) is 10.9. The first kappa shape index (κ1) is 24.0. The summed E-state index contributed by atoms with van der Waals surface area (Å²) in [6.07, 6.45) is -2.39. The van der Waals surface area contributed by atoms with E-state index in [4.69, 9.17) is 9.72 Å². The van der Waals surface area contributed by atoms with Crippen molar-refractivity contribution >= 4 is 22.5 Å². The number of aromatic nitrogens is 1. The van der Waals surface area contributed by atoms with Crippen molar-refractivity contribution < 1.29 is 18.3 Å². The molecule has 0 bridgehead atoms. The van der Waals surface area contributed by atoms with Crippen molar-refractivity contribution in [1.29, 1.82) is 0 Å². The molecule has 0 aliphatic carbocycles. The van der Waals surface area contributed by atoms with Crippen LogP contribution in [0.5, 0.6) is 0 Å². The first-order valence-electron chi connectivity index (χ1n) is 12.0. The molecular formula is C29H27F2N3O2. The summed E-state index contributed by atoms with van der Waals surface area (Å²) in [5.41, 5.74) is 4.52. The number of rotatable bonds is 7. The zero-order valence-electron chi connectivity index (χ0n) is 19.8. The molecule has 0 radical (unpaired) electrons. The lowest BCUT2D eigenvalue weighted by atomic mass is 10.0. The number of nitrogens with zero attached hydrogens (tertiary/aromatic N) is 2. The predicted octanol–water partition coefficient (Wildman–Crippen LogP) is 5.85. The number of pyridine rings is 1. The van der Waals surface area contributed by atoms with Gasteiger partial charge in [0, 0.05) is 41.8 Å². The number of benzene rings is 3. The minimum atomic E-state index is -2.54. The number of ether oxygens (including phenoxy) is 1. The van der Waals surface area contributed by atoms with Crippen LogP contribution in [-0.2, 0) is 22.5 Å². The number of carbonyl (C=O) groups excluding carboxylic acids is 1. The van der Waals surface area contributed by atoms with Crippen LogP contribution in [0.2, 0.25) is 0 Å². The van der Waals surface area contributed by atoms with E-state index in [1.807, 2.05) is 48.5 Å². The van der Waals surface area contributed by atoms with E-state index in [1.54, 1.807) is 12.1 Å². The van der Waals surface area contributed by atoms with E-state index in [2.05, 4.69) is 16.3 Å². The Hall–Kier alpha value is -3.68. The summed E-state index contributed by atoms with van der Waals surface area (Å²) in [5, 5.41) is 3.90. The van der Waals surface area contributed by atoms with Gasteiger partial charge in [-0.2, -0.15) is 0 Å². The molecule has 0 atom stereocenters. The molecule has 3 aromatic carbocycles. The second-order valence-corrected chi connectivity index (χ2v) is 8.93. The molecule has 1 aliphatic rings. The number of morpholine rings is 1. The Bertz CT molecular complexity index is 1370. The molecule has 5 rings (SSSR count). The number of amides is 1. The molecule has 7 heteroatoms. The van der Waals surface area contributed by atoms with Gasteiger partial charge in [0.1, 0.15) is 0 Å². The largest absolute Gasteiger partial charge is 0.379 e. The van der Waals surface area contributed by atoms with Crippen LogP contribution in [0.4, 0.5) is 14.5 Å². The number of para-hydroxylation sites is 1. The molecule has 4 aromatic rings. The van der Waals surface area contributed by atoms with E-state index in [1.165, 1.54) is 12.1 Å². The van der Waals surface area contributed by atoms with E-state index >= 15 is 0 Å². The van der Waals surface area contributed by atoms with Crippen molar-refractivity contribution in [3.05, 3.63) is 95.6 Å². The molecule has 1 saturated heterocycles. The van der Waals surface area contributed by atoms with Crippen molar-refractivity contribution in [3.63, 3.8) is 0 Å². The fourth-order valence-corrected chi connectivity index (χ4v) is 4.49. The third kappa shape index (κ3) is 5.75. The van der Waals surface area contributed by atoms with Gasteiger partial charge in [-0.25, -0.2) is 13.8 Å². The molecule has 1 amide bonds. The minimum absolute atomic E-state index is 0.0436. The fraction of sp³-hybridized carbons (Fsp3) is 0.241. The van der Waals surface area contributed by atoms with Gasteiger partial charge in [0.05, 0.1) is 30.8 Å². The first-order valence-corrected chi connectivity index (χ1v) is 12.0. The van der Waals surface area contributed by atoms with Crippen molar-refractivity contribution in [2.75, 3.05) is 31.6 Å². The van der Waals surface area contributed by atoms with E-state index in [9.17, 15) is 13.6 Å². The monoisotopic (exact) mass is 487 g/mol. The molecule has 1 fully saturated rings. The van der Waals surface area contributed by atoms with Gasteiger partial charge in [-0.3, -0.25) is 9.69 Å². The topological polar surface area (TPSA) is 54.5 Å². The standard InChI is InChI=1S/C29H27F2N3O2/c30-29(31)24-8-3-6-22(17-24)26-11-10-21-5-2-7-23(28(21)33-26)18-27(35)32-25-9-1-4-20(16-25)19-34-12-14-36-15-13-34/h1-11,16-17,29H,12-15,18-19H2,(H,32,35). The molecule has 5 nitrogen and oxygen atoms in total. The van der Waals surface area contributed by atoms with E-state index in [-0.39, 0.29) is 17.9 Å². The Morgan fingerprint density at radius 1 is 0.972 bits per heavy atom. The van der Waals surface area contributed by atoms with Crippen LogP contribution in [0.1, 0.15) is 23.1 Å². The van der Waals surface area contributed by atoms with Crippen molar-refractivity contribution in [1.82, 2.24) is 9.88 Å². The Kier molecular flexibility index (Phi) is 7.30. The van der Waals surface area contributed by atoms with Crippen molar-refractivity contribution in [3.8, 4) is 11.3 Å². The molecule has 0 spiro atoms. The predicted molar refractivity (Wildman–Crippen MR) is 137 cm³/mol. The maximum Gasteiger partial charge on any atom is 0.263 e. The lowest BCUT2D eigenvalue weighted by Gasteiger charge is -2.26. The van der Waals surface area contributed by atoms with Gasteiger partial charge >= 0.3 is 0 Å². The fourth-order valence-electron chi connectivity index (χ4n) is 4.49. The SMILES string of the molecule is O=C(Cc1cccc2ccc(-c3cccc(C(F)F)c3)nc12)Nc1cccc(CN2CCOCC2)c1. The Morgan fingerprint density at radius 2 is 1.78 bits per heavy atom. The van der Waals surface area contributed by atoms with Crippen LogP contribution in [0.3, 0.4) is 0 Å². The molecule has 1 aromatic heterocycles. The zero-order valence-corrected chi connectivity index (χ0v) is 19.8. The van der Waals surface area contributed by atoms with Crippen LogP contribution in [0, 0.1) is 0 Å². The van der Waals surface area contributed by atoms with Gasteiger partial charge < -0.3 is 10.1 Å². The summed E-state index contributed by atoms with van der Waals surface area (Å²) in [6, 6.07) is 23.6. The molecule has 0 saturated carbocycles. The summed E-state index contributed by atoms with van der Waals surface area (Å²) in [5.74, 6) is -0.141. The highest BCUT2D eigenvalue weighted by atomic mass is 19.3. The molecule has 36 heavy (non-hydrogen) atoms. The minimum Gasteiger partial charge on any atom is -0.379 e. The molecule has 2 heterocycles. The van der Waals surface area contributed by atoms with Crippen LogP contribution < -0.4 is 5.32 Å². The highest BCUT2D eigenvalue weighted by molar-refractivity contribution is 5.95. The van der Waals surface area contributed by atoms with Crippen LogP contribution in [-0.4, -0.2) is 42.1 Å². The van der Waals surface area contributed by atoms with Gasteiger partial charge in [-0.1, -0.05) is 54.6 Å². The molecule has 1 N–H and O–H groups in total. The molecular weight excluding hydrogens is 460 g/mol. The lowest BCUT2D eigenvalue weighted by molar-refractivity contribution is -0.115. The number of halogens is 2. The number of nitrogens with one attached hydrogen (secondary N) is 1. The quantitative estimate of drug-likeness (QED) is 0.355. The number of carbonyl (C=O) groups is 1. The summed E-state index contributed by atoms with van der Waals surface area (Å²) in [6.45, 7) is 4.11. The smallest absolute Gasteiger partial charge is 0.263 e. The molecule has 184 valence electrons. The molecule has 1 aliphatic heterocycles. The Labute approximate surface area is 208 Å². The van der Waals surface area contributed by atoms with E-state index < -0.39 is 6.43 Å². The number of fused-ring (bicyclic) bond motifs is 1. The Morgan fingerprint density at radius 3 is 2.61 bits per heavy atom. The highest BCUT2D eigenvalue weighted by Crippen LogP contribution is 2.27. The van der Waals surface area contributed by atoms with Crippen LogP contribution in [0.25, 0.3) is 22.2 Å². The number of hydrogen-bond donors (Lipinski definition) is 1. The zero-order chi connectivity index (χ0) is 24.9. The number of alkyl halides is 2. The van der Waals surface area contributed by atoms with Crippen LogP contribution in [0.15, 0.2) is 78.9 Å². The van der Waals surface area contributed by atoms with Gasteiger partial charge in [0.2, 0.25) is 5.91 Å². The van der Waals surface area contributed by atoms with E-state index in [0.717, 1.165) is 55.0 Å². The maximum absolute atomic E-state index is 13.2. The average molecular weight is 488 g/mol. The maximum atomic E-state index is 13.2. The van der Waals surface area contributed by atoms with Gasteiger partial charge in [0.15, 0.2) is 0 Å². The summed E-state index contributed by atoms with van der Waals surface area (Å²) >= 11 is 0. The summed E-state index contributed by atoms with van der Waals surface area (Å²) < 4.78 is 31.8. The number of anilines is 1. The summed E-state index contributed by atoms with van der Waals surface area (Å²) in [7, 11) is 0. The third-order valence-corrected chi connectivity index (χ3v) is 6.31. The van der Waals surface area contributed by atoms with Crippen molar-refractivity contribution in [2.24, 2.45) is 0 Å². The highest BCUT2D eigenvalue weighted by Gasteiger charge is 2.14. The van der Waals surface area contributed by atoms with Crippen molar-refractivity contribution in [2.45, 2.75) is 19.4 Å². The van der Waals surface area contributed by atoms with Gasteiger partial charge in [0.25, 0.3) is 6.43 Å². The second-order valence-electron chi connectivity index (χ2n) is 8.93. The summed E-state index contributed by atoms with van der Waals surface area (Å²) in [4.78, 5) is 20.0. The van der Waals surface area contributed by atoms with Crippen LogP contribution >= 0.6 is 0 Å². The number of hydrogen-bond acceptors (Lipinski definition) is 4. The third-order valence-electron chi connectivity index (χ3n) is 6.31. The van der Waals surface area contributed by atoms with E-state index in [0.29, 0.717) is 16.8 Å². The Balaban J connectivity index is 1.33. The van der Waals surface area contributed by atoms with Gasteiger partial charge in [-0.05, 0) is 35.4 Å². The normalized spacial score (nSPS) is 14.3. The first-order chi connectivity index (χ1) is 17.5.